The van der Waals surface area contributed by atoms with Crippen molar-refractivity contribution in [2.24, 2.45) is 0 Å². The predicted octanol–water partition coefficient (Wildman–Crippen LogP) is -0.641. The molecule has 0 saturated carbocycles. The van der Waals surface area contributed by atoms with Gasteiger partial charge in [0.05, 0.1) is 14.1 Å². The molecule has 0 amide bonds. The zero-order valence-electron chi connectivity index (χ0n) is 7.07. The maximum Gasteiger partial charge on any atom is 0.189 e. The summed E-state index contributed by atoms with van der Waals surface area (Å²) in [6.07, 6.45) is -1.05. The van der Waals surface area contributed by atoms with E-state index in [-0.39, 0.29) is 12.9 Å². The van der Waals surface area contributed by atoms with Gasteiger partial charge in [0.25, 0.3) is 0 Å². The summed E-state index contributed by atoms with van der Waals surface area (Å²) in [6.45, 7) is 3.32. The summed E-state index contributed by atoms with van der Waals surface area (Å²) in [4.78, 5) is 0. The van der Waals surface area contributed by atoms with Gasteiger partial charge in [-0.05, 0) is 0 Å². The second-order valence-corrected chi connectivity index (χ2v) is 2.89. The van der Waals surface area contributed by atoms with Gasteiger partial charge in [-0.1, -0.05) is 0 Å². The molecule has 2 N–H and O–H groups in total. The first-order valence-corrected chi connectivity index (χ1v) is 3.08. The molecule has 0 aliphatic heterocycles. The quantitative estimate of drug-likeness (QED) is 0.308. The minimum Gasteiger partial charge on any atom is -1.00 e. The molecule has 4 radical (unpaired) electrons. The molecular formula is C6H16BNO2. The van der Waals surface area contributed by atoms with E-state index in [2.05, 4.69) is 0 Å². The first kappa shape index (κ1) is 12.6. The predicted molar refractivity (Wildman–Crippen MR) is 41.2 cm³/mol. The number of hydrogen-bond acceptors (Lipinski definition) is 2. The van der Waals surface area contributed by atoms with E-state index in [0.717, 1.165) is 0 Å². The number of aliphatic hydroxyl groups excluding tert-OH is 2. The topological polar surface area (TPSA) is 40.5 Å². The van der Waals surface area contributed by atoms with Crippen LogP contribution in [-0.4, -0.2) is 49.7 Å². The highest BCUT2D eigenvalue weighted by molar-refractivity contribution is 5.75. The normalized spacial score (nSPS) is 17.4. The highest BCUT2D eigenvalue weighted by Gasteiger charge is 2.26. The minimum absolute atomic E-state index is 0. The van der Waals surface area contributed by atoms with Gasteiger partial charge < -0.3 is 18.6 Å². The van der Waals surface area contributed by atoms with Gasteiger partial charge in [-0.15, -0.1) is 0 Å². The van der Waals surface area contributed by atoms with Crippen molar-refractivity contribution in [3.05, 3.63) is 0 Å². The average molecular weight is 145 g/mol. The molecule has 3 nitrogen and oxygen atoms in total. The molecule has 0 aliphatic rings. The standard InChI is InChI=1S/C6H16NO2.B/c1-5(8)7(3,4)6(2)9;/h5-6,8-9H,1-4H3;/q+1;-1. The van der Waals surface area contributed by atoms with Crippen LogP contribution in [0.1, 0.15) is 13.8 Å². The minimum atomic E-state index is -0.523. The van der Waals surface area contributed by atoms with Crippen molar-refractivity contribution in [1.29, 1.82) is 0 Å². The lowest BCUT2D eigenvalue weighted by molar-refractivity contribution is -0.974. The van der Waals surface area contributed by atoms with Crippen LogP contribution < -0.4 is 0 Å². The van der Waals surface area contributed by atoms with Crippen molar-refractivity contribution in [1.82, 2.24) is 0 Å². The molecule has 0 aromatic heterocycles. The Hall–Kier alpha value is -0.0551. The Morgan fingerprint density at radius 1 is 1.00 bits per heavy atom. The molecule has 0 aromatic rings. The van der Waals surface area contributed by atoms with Gasteiger partial charge in [0.15, 0.2) is 12.5 Å². The third kappa shape index (κ3) is 2.69. The number of aliphatic hydroxyl groups is 2. The lowest BCUT2D eigenvalue weighted by Gasteiger charge is -2.35. The highest BCUT2D eigenvalue weighted by Crippen LogP contribution is 2.07. The smallest absolute Gasteiger partial charge is 0.189 e. The number of nitrogens with zero attached hydrogens (tertiary/aromatic N) is 1. The average Bonchev–Trinajstić information content (AvgIpc) is 1.65. The zero-order chi connectivity index (χ0) is 7.65. The van der Waals surface area contributed by atoms with Crippen LogP contribution in [-0.2, 0) is 0 Å². The molecular weight excluding hydrogens is 129 g/mol. The van der Waals surface area contributed by atoms with Crippen LogP contribution in [0.2, 0.25) is 0 Å². The first-order valence-electron chi connectivity index (χ1n) is 3.08. The maximum absolute atomic E-state index is 9.06. The molecule has 4 heteroatoms. The fourth-order valence-corrected chi connectivity index (χ4v) is 0.312. The van der Waals surface area contributed by atoms with Gasteiger partial charge in [0.2, 0.25) is 0 Å². The summed E-state index contributed by atoms with van der Waals surface area (Å²) in [5, 5.41) is 18.1. The highest BCUT2D eigenvalue weighted by atomic mass is 16.3. The largest absolute Gasteiger partial charge is 1.00 e. The molecule has 0 spiro atoms. The Labute approximate surface area is 64.4 Å². The van der Waals surface area contributed by atoms with E-state index in [0.29, 0.717) is 0 Å². The van der Waals surface area contributed by atoms with Crippen LogP contribution in [0.3, 0.4) is 0 Å². The van der Waals surface area contributed by atoms with E-state index in [1.165, 1.54) is 0 Å². The SMILES string of the molecule is CC(O)[N+](C)(C)C(C)O.[B-]. The number of quaternary nitrogens is 1. The van der Waals surface area contributed by atoms with E-state index in [4.69, 9.17) is 10.2 Å². The molecule has 0 saturated heterocycles. The van der Waals surface area contributed by atoms with Gasteiger partial charge in [-0.3, -0.25) is 4.48 Å². The molecule has 0 aromatic carbocycles. The van der Waals surface area contributed by atoms with E-state index in [1.54, 1.807) is 27.9 Å². The summed E-state index contributed by atoms with van der Waals surface area (Å²) < 4.78 is 0.222. The molecule has 0 rings (SSSR count). The second kappa shape index (κ2) is 3.96. The van der Waals surface area contributed by atoms with Crippen molar-refractivity contribution in [3.63, 3.8) is 0 Å². The van der Waals surface area contributed by atoms with Crippen LogP contribution in [0.25, 0.3) is 0 Å². The lowest BCUT2D eigenvalue weighted by atomic mass is 10.4. The fraction of sp³-hybridized carbons (Fsp3) is 1.00. The Morgan fingerprint density at radius 2 is 1.20 bits per heavy atom. The second-order valence-electron chi connectivity index (χ2n) is 2.89. The Bertz CT molecular complexity index is 83.7. The van der Waals surface area contributed by atoms with Crippen LogP contribution >= 0.6 is 0 Å². The first-order chi connectivity index (χ1) is 3.89. The van der Waals surface area contributed by atoms with Crippen molar-refractivity contribution in [2.75, 3.05) is 14.1 Å². The molecule has 0 aliphatic carbocycles. The number of hydrogen-bond donors (Lipinski definition) is 2. The van der Waals surface area contributed by atoms with E-state index < -0.39 is 12.5 Å². The summed E-state index contributed by atoms with van der Waals surface area (Å²) in [5.41, 5.74) is 0. The molecule has 0 bridgehead atoms. The third-order valence-corrected chi connectivity index (χ3v) is 1.93. The summed E-state index contributed by atoms with van der Waals surface area (Å²) in [5.74, 6) is 0. The van der Waals surface area contributed by atoms with Gasteiger partial charge >= 0.3 is 0 Å². The molecule has 0 heterocycles. The van der Waals surface area contributed by atoms with E-state index >= 15 is 0 Å². The van der Waals surface area contributed by atoms with Crippen LogP contribution in [0, 0.1) is 0 Å². The van der Waals surface area contributed by atoms with Crippen molar-refractivity contribution < 1.29 is 14.7 Å². The van der Waals surface area contributed by atoms with Gasteiger partial charge in [-0.25, -0.2) is 0 Å². The van der Waals surface area contributed by atoms with Crippen molar-refractivity contribution >= 4 is 8.41 Å². The fourth-order valence-electron chi connectivity index (χ4n) is 0.312. The Kier molecular flexibility index (Phi) is 4.99. The number of rotatable bonds is 2. The molecule has 60 valence electrons. The van der Waals surface area contributed by atoms with Crippen molar-refractivity contribution in [2.45, 2.75) is 26.3 Å². The van der Waals surface area contributed by atoms with Crippen LogP contribution in [0.4, 0.5) is 0 Å². The van der Waals surface area contributed by atoms with Crippen LogP contribution in [0.5, 0.6) is 0 Å². The summed E-state index contributed by atoms with van der Waals surface area (Å²) in [7, 11) is 3.55. The third-order valence-electron chi connectivity index (χ3n) is 1.93. The van der Waals surface area contributed by atoms with E-state index in [1.807, 2.05) is 0 Å². The molecule has 2 unspecified atom stereocenters. The van der Waals surface area contributed by atoms with Crippen molar-refractivity contribution in [3.8, 4) is 0 Å². The molecule has 10 heavy (non-hydrogen) atoms. The lowest BCUT2D eigenvalue weighted by Crippen LogP contribution is -2.53. The van der Waals surface area contributed by atoms with Gasteiger partial charge in [0.1, 0.15) is 0 Å². The van der Waals surface area contributed by atoms with E-state index in [9.17, 15) is 0 Å². The molecule has 0 fully saturated rings. The Morgan fingerprint density at radius 3 is 1.20 bits per heavy atom. The van der Waals surface area contributed by atoms with Gasteiger partial charge in [-0.2, -0.15) is 0 Å². The summed E-state index contributed by atoms with van der Waals surface area (Å²) >= 11 is 0. The monoisotopic (exact) mass is 145 g/mol. The Balaban J connectivity index is 0. The zero-order valence-corrected chi connectivity index (χ0v) is 7.07. The molecule has 2 atom stereocenters. The van der Waals surface area contributed by atoms with Gasteiger partial charge in [0, 0.05) is 13.8 Å². The van der Waals surface area contributed by atoms with Crippen LogP contribution in [0.15, 0.2) is 0 Å². The maximum atomic E-state index is 9.06. The summed E-state index contributed by atoms with van der Waals surface area (Å²) in [6, 6.07) is 0.